The average Bonchev–Trinajstić information content (AvgIpc) is 2.67. The lowest BCUT2D eigenvalue weighted by Crippen LogP contribution is -2.53. The van der Waals surface area contributed by atoms with Gasteiger partial charge in [0, 0.05) is 6.04 Å². The Labute approximate surface area is 197 Å². The molecule has 33 heavy (non-hydrogen) atoms. The summed E-state index contributed by atoms with van der Waals surface area (Å²) in [5, 5.41) is 15.0. The van der Waals surface area contributed by atoms with Crippen molar-refractivity contribution in [1.29, 1.82) is 5.26 Å². The first kappa shape index (κ1) is 28.0. The predicted octanol–water partition coefficient (Wildman–Crippen LogP) is 3.91. The highest BCUT2D eigenvalue weighted by atomic mass is 16.6. The van der Waals surface area contributed by atoms with Crippen molar-refractivity contribution in [2.45, 2.75) is 92.0 Å². The van der Waals surface area contributed by atoms with Crippen LogP contribution in [0.1, 0.15) is 77.1 Å². The minimum Gasteiger partial charge on any atom is -0.444 e. The molecule has 0 bridgehead atoms. The second kappa shape index (κ2) is 12.2. The number of aryl methyl sites for hydroxylation is 2. The van der Waals surface area contributed by atoms with Crippen LogP contribution in [0.3, 0.4) is 0 Å². The van der Waals surface area contributed by atoms with Gasteiger partial charge in [-0.25, -0.2) is 4.79 Å². The van der Waals surface area contributed by atoms with Crippen LogP contribution in [0.25, 0.3) is 0 Å². The van der Waals surface area contributed by atoms with Crippen LogP contribution in [-0.4, -0.2) is 47.0 Å². The van der Waals surface area contributed by atoms with E-state index in [2.05, 4.69) is 10.6 Å². The van der Waals surface area contributed by atoms with E-state index in [0.717, 1.165) is 24.0 Å². The van der Waals surface area contributed by atoms with Crippen LogP contribution in [-0.2, 0) is 14.3 Å². The number of carbonyl (C=O) groups excluding carboxylic acids is 3. The summed E-state index contributed by atoms with van der Waals surface area (Å²) in [6.45, 7) is 14.0. The molecule has 2 N–H and O–H groups in total. The highest BCUT2D eigenvalue weighted by Gasteiger charge is 2.36. The van der Waals surface area contributed by atoms with Crippen LogP contribution >= 0.6 is 0 Å². The van der Waals surface area contributed by atoms with Gasteiger partial charge >= 0.3 is 6.09 Å². The first-order valence-electron chi connectivity index (χ1n) is 11.4. The van der Waals surface area contributed by atoms with Gasteiger partial charge in [0.05, 0.1) is 6.07 Å². The average molecular weight is 459 g/mol. The van der Waals surface area contributed by atoms with E-state index in [1.54, 1.807) is 20.8 Å². The van der Waals surface area contributed by atoms with E-state index in [0.29, 0.717) is 5.56 Å². The van der Waals surface area contributed by atoms with Crippen LogP contribution in [0.4, 0.5) is 4.79 Å². The number of hydrogen-bond acceptors (Lipinski definition) is 5. The number of nitrogens with zero attached hydrogens (tertiary/aromatic N) is 2. The van der Waals surface area contributed by atoms with Crippen molar-refractivity contribution in [1.82, 2.24) is 15.5 Å². The van der Waals surface area contributed by atoms with E-state index in [9.17, 15) is 19.6 Å². The molecule has 0 saturated carbocycles. The van der Waals surface area contributed by atoms with Crippen LogP contribution < -0.4 is 10.6 Å². The van der Waals surface area contributed by atoms with Gasteiger partial charge in [-0.3, -0.25) is 9.59 Å². The molecule has 3 unspecified atom stereocenters. The molecule has 8 heteroatoms. The predicted molar refractivity (Wildman–Crippen MR) is 127 cm³/mol. The third-order valence-corrected chi connectivity index (χ3v) is 5.11. The fourth-order valence-corrected chi connectivity index (χ4v) is 3.68. The number of carbonyl (C=O) groups is 3. The summed E-state index contributed by atoms with van der Waals surface area (Å²) in [5.41, 5.74) is 1.62. The molecular formula is C25H38N4O4. The van der Waals surface area contributed by atoms with E-state index in [-0.39, 0.29) is 18.5 Å². The minimum absolute atomic E-state index is 0.0920. The smallest absolute Gasteiger partial charge is 0.408 e. The maximum atomic E-state index is 13.5. The molecule has 0 aliphatic rings. The second-order valence-corrected chi connectivity index (χ2v) is 9.40. The topological polar surface area (TPSA) is 112 Å². The molecule has 1 rings (SSSR count). The number of alkyl carbamates (subject to hydrolysis) is 1. The monoisotopic (exact) mass is 458 g/mol. The molecule has 0 aromatic heterocycles. The molecule has 0 radical (unpaired) electrons. The lowest BCUT2D eigenvalue weighted by atomic mass is 9.93. The highest BCUT2D eigenvalue weighted by Crippen LogP contribution is 2.28. The molecule has 0 aliphatic carbocycles. The summed E-state index contributed by atoms with van der Waals surface area (Å²) in [7, 11) is 0. The zero-order chi connectivity index (χ0) is 25.3. The molecule has 1 aromatic carbocycles. The van der Waals surface area contributed by atoms with Crippen LogP contribution in [0, 0.1) is 25.2 Å². The van der Waals surface area contributed by atoms with E-state index < -0.39 is 29.7 Å². The van der Waals surface area contributed by atoms with E-state index in [4.69, 9.17) is 4.74 Å². The third kappa shape index (κ3) is 8.41. The zero-order valence-electron chi connectivity index (χ0n) is 21.1. The van der Waals surface area contributed by atoms with Gasteiger partial charge in [0.2, 0.25) is 11.8 Å². The second-order valence-electron chi connectivity index (χ2n) is 9.40. The number of amides is 3. The van der Waals surface area contributed by atoms with E-state index in [1.807, 2.05) is 52.0 Å². The number of ether oxygens (including phenoxy) is 1. The van der Waals surface area contributed by atoms with Crippen molar-refractivity contribution >= 4 is 17.9 Å². The van der Waals surface area contributed by atoms with Crippen molar-refractivity contribution in [3.63, 3.8) is 0 Å². The fraction of sp³-hybridized carbons (Fsp3) is 0.600. The Morgan fingerprint density at radius 3 is 2.18 bits per heavy atom. The molecule has 1 aromatic rings. The molecule has 0 saturated heterocycles. The van der Waals surface area contributed by atoms with Gasteiger partial charge in [0.15, 0.2) is 0 Å². The maximum Gasteiger partial charge on any atom is 0.408 e. The quantitative estimate of drug-likeness (QED) is 0.545. The summed E-state index contributed by atoms with van der Waals surface area (Å²) in [6, 6.07) is 5.52. The van der Waals surface area contributed by atoms with Crippen LogP contribution in [0.5, 0.6) is 0 Å². The van der Waals surface area contributed by atoms with Crippen LogP contribution in [0.2, 0.25) is 0 Å². The minimum atomic E-state index is -1.01. The summed E-state index contributed by atoms with van der Waals surface area (Å²) >= 11 is 0. The summed E-state index contributed by atoms with van der Waals surface area (Å²) in [4.78, 5) is 40.3. The van der Waals surface area contributed by atoms with Gasteiger partial charge in [0.25, 0.3) is 0 Å². The Morgan fingerprint density at radius 2 is 1.70 bits per heavy atom. The Balaban J connectivity index is 3.38. The molecule has 3 atom stereocenters. The molecule has 8 nitrogen and oxygen atoms in total. The number of nitriles is 1. The number of nitrogens with one attached hydrogen (secondary N) is 2. The van der Waals surface area contributed by atoms with Gasteiger partial charge in [0.1, 0.15) is 24.2 Å². The van der Waals surface area contributed by atoms with E-state index in [1.165, 1.54) is 11.8 Å². The van der Waals surface area contributed by atoms with Crippen molar-refractivity contribution in [2.24, 2.45) is 0 Å². The summed E-state index contributed by atoms with van der Waals surface area (Å²) < 4.78 is 5.24. The van der Waals surface area contributed by atoms with Crippen molar-refractivity contribution in [3.05, 3.63) is 34.9 Å². The van der Waals surface area contributed by atoms with Crippen molar-refractivity contribution < 1.29 is 19.1 Å². The largest absolute Gasteiger partial charge is 0.444 e. The van der Waals surface area contributed by atoms with Crippen molar-refractivity contribution in [3.8, 4) is 6.07 Å². The number of benzene rings is 1. The first-order valence-corrected chi connectivity index (χ1v) is 11.4. The third-order valence-electron chi connectivity index (χ3n) is 5.11. The van der Waals surface area contributed by atoms with Crippen molar-refractivity contribution in [2.75, 3.05) is 6.54 Å². The Hall–Kier alpha value is -3.08. The Kier molecular flexibility index (Phi) is 10.4. The number of rotatable bonds is 9. The summed E-state index contributed by atoms with van der Waals surface area (Å²) in [6.07, 6.45) is 0.936. The van der Waals surface area contributed by atoms with Crippen LogP contribution in [0.15, 0.2) is 18.2 Å². The van der Waals surface area contributed by atoms with E-state index >= 15 is 0 Å². The molecule has 3 amide bonds. The van der Waals surface area contributed by atoms with Gasteiger partial charge in [-0.05, 0) is 71.6 Å². The lowest BCUT2D eigenvalue weighted by Gasteiger charge is -2.34. The van der Waals surface area contributed by atoms with Gasteiger partial charge in [-0.15, -0.1) is 0 Å². The normalized spacial score (nSPS) is 13.8. The standard InChI is InChI=1S/C25H38N4O4/c1-9-11-18(4)27-22(30)21(20-16(2)12-10-13-17(20)3)29(15-14-26)23(31)19(5)28-24(32)33-25(6,7)8/h10,12-13,18-19,21H,9,11,15H2,1-8H3,(H,27,30)(H,28,32). The zero-order valence-corrected chi connectivity index (χ0v) is 21.1. The molecule has 0 fully saturated rings. The Bertz CT molecular complexity index is 865. The van der Waals surface area contributed by atoms with Gasteiger partial charge < -0.3 is 20.3 Å². The van der Waals surface area contributed by atoms with Gasteiger partial charge in [-0.1, -0.05) is 31.5 Å². The molecule has 182 valence electrons. The van der Waals surface area contributed by atoms with Gasteiger partial charge in [-0.2, -0.15) is 5.26 Å². The summed E-state index contributed by atoms with van der Waals surface area (Å²) in [5.74, 6) is -0.908. The maximum absolute atomic E-state index is 13.5. The molecular weight excluding hydrogens is 420 g/mol. The highest BCUT2D eigenvalue weighted by molar-refractivity contribution is 5.92. The Morgan fingerprint density at radius 1 is 1.12 bits per heavy atom. The first-order chi connectivity index (χ1) is 15.3. The lowest BCUT2D eigenvalue weighted by molar-refractivity contribution is -0.141. The number of hydrogen-bond donors (Lipinski definition) is 2. The molecule has 0 spiro atoms. The fourth-order valence-electron chi connectivity index (χ4n) is 3.68. The molecule has 0 aliphatic heterocycles. The SMILES string of the molecule is CCCC(C)NC(=O)C(c1c(C)cccc1C)N(CC#N)C(=O)C(C)NC(=O)OC(C)(C)C. The molecule has 0 heterocycles.